The van der Waals surface area contributed by atoms with Gasteiger partial charge in [-0.1, -0.05) is 73.5 Å². The lowest BCUT2D eigenvalue weighted by Gasteiger charge is -2.42. The fraction of sp³-hybridized carbons (Fsp3) is 0.536. The molecule has 3 atom stereocenters. The van der Waals surface area contributed by atoms with Gasteiger partial charge in [-0.25, -0.2) is 4.79 Å². The van der Waals surface area contributed by atoms with Crippen LogP contribution in [0.4, 0.5) is 0 Å². The highest BCUT2D eigenvalue weighted by molar-refractivity contribution is 5.81. The predicted molar refractivity (Wildman–Crippen MR) is 127 cm³/mol. The minimum Gasteiger partial charge on any atom is -0.454 e. The van der Waals surface area contributed by atoms with E-state index in [1.54, 1.807) is 0 Å². The van der Waals surface area contributed by atoms with Crippen molar-refractivity contribution in [1.29, 1.82) is 0 Å². The van der Waals surface area contributed by atoms with Crippen LogP contribution < -0.4 is 0 Å². The summed E-state index contributed by atoms with van der Waals surface area (Å²) in [6.07, 6.45) is 7.87. The molecule has 1 heterocycles. The van der Waals surface area contributed by atoms with Crippen LogP contribution in [-0.2, 0) is 21.6 Å². The molecule has 1 N–H and O–H groups in total. The van der Waals surface area contributed by atoms with Crippen molar-refractivity contribution in [3.05, 3.63) is 71.8 Å². The number of hydrogen-bond acceptors (Lipinski definition) is 3. The Hall–Kier alpha value is -2.17. The normalized spacial score (nSPS) is 25.9. The topological polar surface area (TPSA) is 46.5 Å². The molecule has 1 saturated heterocycles. The molecule has 1 saturated carbocycles. The number of carbonyl (C=O) groups excluding carboxylic acids is 1. The molecule has 4 heteroatoms. The number of piperidine rings is 1. The minimum absolute atomic E-state index is 0.0623. The molecule has 3 unspecified atom stereocenters. The fourth-order valence-electron chi connectivity index (χ4n) is 5.78. The van der Waals surface area contributed by atoms with Crippen LogP contribution in [0.5, 0.6) is 0 Å². The Morgan fingerprint density at radius 1 is 1.00 bits per heavy atom. The smallest absolute Gasteiger partial charge is 0.343 e. The highest BCUT2D eigenvalue weighted by Gasteiger charge is 2.49. The molecule has 1 aliphatic carbocycles. The van der Waals surface area contributed by atoms with E-state index in [0.717, 1.165) is 75.5 Å². The zero-order valence-electron chi connectivity index (χ0n) is 19.4. The lowest BCUT2D eigenvalue weighted by Crippen LogP contribution is -2.55. The minimum atomic E-state index is -1.54. The summed E-state index contributed by atoms with van der Waals surface area (Å²) in [4.78, 5) is 13.5. The van der Waals surface area contributed by atoms with Gasteiger partial charge in [-0.15, -0.1) is 0 Å². The van der Waals surface area contributed by atoms with Crippen molar-refractivity contribution in [1.82, 2.24) is 0 Å². The molecule has 4 nitrogen and oxygen atoms in total. The third kappa shape index (κ3) is 5.24. The SMILES string of the molecule is C[N+]1(CCCc2ccccc2)CCCC(OC(=O)C(O)(c2ccccc2)C2CCCC2)C1. The fourth-order valence-corrected chi connectivity index (χ4v) is 5.78. The number of quaternary nitrogens is 1. The maximum Gasteiger partial charge on any atom is 0.343 e. The first-order valence-electron chi connectivity index (χ1n) is 12.4. The van der Waals surface area contributed by atoms with Gasteiger partial charge in [-0.3, -0.25) is 0 Å². The molecular weight excluding hydrogens is 398 g/mol. The first kappa shape index (κ1) is 23.0. The second-order valence-corrected chi connectivity index (χ2v) is 10.1. The van der Waals surface area contributed by atoms with Gasteiger partial charge in [0.1, 0.15) is 6.54 Å². The van der Waals surface area contributed by atoms with Gasteiger partial charge in [-0.05, 0) is 36.8 Å². The van der Waals surface area contributed by atoms with Gasteiger partial charge in [0.2, 0.25) is 0 Å². The highest BCUT2D eigenvalue weighted by Crippen LogP contribution is 2.42. The van der Waals surface area contributed by atoms with Crippen molar-refractivity contribution in [2.45, 2.75) is 63.1 Å². The number of ether oxygens (including phenoxy) is 1. The molecule has 2 fully saturated rings. The summed E-state index contributed by atoms with van der Waals surface area (Å²) in [6, 6.07) is 20.1. The van der Waals surface area contributed by atoms with Gasteiger partial charge >= 0.3 is 5.97 Å². The van der Waals surface area contributed by atoms with E-state index >= 15 is 0 Å². The Bertz CT molecular complexity index is 865. The number of nitrogens with zero attached hydrogens (tertiary/aromatic N) is 1. The summed E-state index contributed by atoms with van der Waals surface area (Å²) >= 11 is 0. The van der Waals surface area contributed by atoms with Gasteiger partial charge in [0.05, 0.1) is 20.1 Å². The van der Waals surface area contributed by atoms with Crippen LogP contribution in [-0.4, -0.2) is 48.3 Å². The van der Waals surface area contributed by atoms with Crippen LogP contribution in [0.3, 0.4) is 0 Å². The Morgan fingerprint density at radius 2 is 1.66 bits per heavy atom. The van der Waals surface area contributed by atoms with E-state index in [0.29, 0.717) is 5.56 Å². The third-order valence-corrected chi connectivity index (χ3v) is 7.62. The Kier molecular flexibility index (Phi) is 7.32. The molecule has 2 aliphatic rings. The monoisotopic (exact) mass is 436 g/mol. The Labute approximate surface area is 192 Å². The number of esters is 1. The maximum atomic E-state index is 13.5. The second-order valence-electron chi connectivity index (χ2n) is 10.1. The van der Waals surface area contributed by atoms with Crippen molar-refractivity contribution in [3.8, 4) is 0 Å². The molecule has 1 aliphatic heterocycles. The summed E-state index contributed by atoms with van der Waals surface area (Å²) in [5.41, 5.74) is 0.516. The van der Waals surface area contributed by atoms with Crippen molar-refractivity contribution >= 4 is 5.97 Å². The number of likely N-dealkylation sites (tertiary alicyclic amines) is 1. The lowest BCUT2D eigenvalue weighted by molar-refractivity contribution is -0.917. The lowest BCUT2D eigenvalue weighted by atomic mass is 9.80. The van der Waals surface area contributed by atoms with Crippen LogP contribution in [0.1, 0.15) is 56.1 Å². The standard InChI is InChI=1S/C28H38NO3/c1-29(20-10-14-23-12-4-2-5-13-23)21-11-19-26(22-29)32-27(30)28(31,25-17-8-9-18-25)24-15-6-3-7-16-24/h2-7,12-13,15-16,25-26,31H,8-11,14,17-22H2,1H3/q+1. The van der Waals surface area contributed by atoms with Gasteiger partial charge in [-0.2, -0.15) is 0 Å². The molecule has 32 heavy (non-hydrogen) atoms. The predicted octanol–water partition coefficient (Wildman–Crippen LogP) is 4.85. The van der Waals surface area contributed by atoms with Gasteiger partial charge in [0.25, 0.3) is 0 Å². The van der Waals surface area contributed by atoms with Crippen molar-refractivity contribution in [3.63, 3.8) is 0 Å². The number of benzene rings is 2. The van der Waals surface area contributed by atoms with Crippen LogP contribution in [0.2, 0.25) is 0 Å². The van der Waals surface area contributed by atoms with Gasteiger partial charge in [0.15, 0.2) is 11.7 Å². The van der Waals surface area contributed by atoms with Gasteiger partial charge < -0.3 is 14.3 Å². The quantitative estimate of drug-likeness (QED) is 0.475. The molecule has 0 spiro atoms. The number of likely N-dealkylation sites (N-methyl/N-ethyl adjacent to an activating group) is 1. The molecule has 0 aromatic heterocycles. The Balaban J connectivity index is 1.40. The second kappa shape index (κ2) is 10.2. The van der Waals surface area contributed by atoms with Crippen LogP contribution in [0.15, 0.2) is 60.7 Å². The van der Waals surface area contributed by atoms with Crippen molar-refractivity contribution in [2.75, 3.05) is 26.7 Å². The van der Waals surface area contributed by atoms with Crippen LogP contribution in [0, 0.1) is 5.92 Å². The van der Waals surface area contributed by atoms with E-state index in [-0.39, 0.29) is 12.0 Å². The average Bonchev–Trinajstić information content (AvgIpc) is 3.35. The van der Waals surface area contributed by atoms with Crippen molar-refractivity contribution in [2.24, 2.45) is 5.92 Å². The molecule has 172 valence electrons. The van der Waals surface area contributed by atoms with Gasteiger partial charge in [0, 0.05) is 18.8 Å². The van der Waals surface area contributed by atoms with E-state index in [1.807, 2.05) is 30.3 Å². The van der Waals surface area contributed by atoms with E-state index in [1.165, 1.54) is 5.56 Å². The van der Waals surface area contributed by atoms with E-state index in [2.05, 4.69) is 37.4 Å². The molecule has 4 rings (SSSR count). The summed E-state index contributed by atoms with van der Waals surface area (Å²) in [5, 5.41) is 11.7. The van der Waals surface area contributed by atoms with E-state index in [9.17, 15) is 9.90 Å². The number of aryl methyl sites for hydroxylation is 1. The summed E-state index contributed by atoms with van der Waals surface area (Å²) in [5.74, 6) is -0.508. The molecule has 2 aromatic carbocycles. The van der Waals surface area contributed by atoms with Crippen LogP contribution in [0.25, 0.3) is 0 Å². The van der Waals surface area contributed by atoms with E-state index in [4.69, 9.17) is 4.74 Å². The zero-order valence-corrected chi connectivity index (χ0v) is 19.4. The third-order valence-electron chi connectivity index (χ3n) is 7.62. The van der Waals surface area contributed by atoms with E-state index < -0.39 is 11.6 Å². The van der Waals surface area contributed by atoms with Crippen LogP contribution >= 0.6 is 0 Å². The zero-order chi connectivity index (χ0) is 22.4. The highest BCUT2D eigenvalue weighted by atomic mass is 16.6. The Morgan fingerprint density at radius 3 is 2.34 bits per heavy atom. The largest absolute Gasteiger partial charge is 0.454 e. The first-order chi connectivity index (χ1) is 15.5. The number of rotatable bonds is 8. The molecule has 2 aromatic rings. The first-order valence-corrected chi connectivity index (χ1v) is 12.4. The molecular formula is C28H38NO3+. The van der Waals surface area contributed by atoms with Crippen molar-refractivity contribution < 1.29 is 19.1 Å². The molecule has 0 amide bonds. The summed E-state index contributed by atoms with van der Waals surface area (Å²) < 4.78 is 7.01. The average molecular weight is 437 g/mol. The molecule has 0 bridgehead atoms. The molecule has 0 radical (unpaired) electrons. The number of carbonyl (C=O) groups is 1. The number of aliphatic hydroxyl groups is 1. The summed E-state index contributed by atoms with van der Waals surface area (Å²) in [6.45, 7) is 3.03. The summed E-state index contributed by atoms with van der Waals surface area (Å²) in [7, 11) is 2.28. The number of hydrogen-bond donors (Lipinski definition) is 1. The maximum absolute atomic E-state index is 13.5.